The lowest BCUT2D eigenvalue weighted by Crippen LogP contribution is -2.33. The number of carbonyl (C=O) groups is 1. The fraction of sp³-hybridized carbons (Fsp3) is 0.316. The molecular weight excluding hydrogens is 290 g/mol. The first-order chi connectivity index (χ1) is 11.2. The molecule has 2 aromatic carbocycles. The molecule has 0 spiro atoms. The smallest absolute Gasteiger partial charge is 0.255 e. The summed E-state index contributed by atoms with van der Waals surface area (Å²) in [7, 11) is 0. The van der Waals surface area contributed by atoms with Crippen molar-refractivity contribution in [3.63, 3.8) is 0 Å². The van der Waals surface area contributed by atoms with Crippen molar-refractivity contribution in [1.29, 1.82) is 0 Å². The van der Waals surface area contributed by atoms with E-state index in [1.165, 1.54) is 5.56 Å². The van der Waals surface area contributed by atoms with Crippen LogP contribution in [0.3, 0.4) is 0 Å². The number of ether oxygens (including phenoxy) is 2. The molecule has 1 atom stereocenters. The highest BCUT2D eigenvalue weighted by atomic mass is 16.6. The minimum atomic E-state index is -0.118. The summed E-state index contributed by atoms with van der Waals surface area (Å²) >= 11 is 0. The molecule has 0 aliphatic carbocycles. The second-order valence-corrected chi connectivity index (χ2v) is 5.73. The van der Waals surface area contributed by atoms with Crippen LogP contribution in [0, 0.1) is 0 Å². The molecule has 120 valence electrons. The zero-order chi connectivity index (χ0) is 16.1. The van der Waals surface area contributed by atoms with Crippen molar-refractivity contribution in [2.75, 3.05) is 13.2 Å². The van der Waals surface area contributed by atoms with Gasteiger partial charge in [-0.2, -0.15) is 0 Å². The second kappa shape index (κ2) is 7.18. The molecule has 0 saturated heterocycles. The van der Waals surface area contributed by atoms with E-state index in [1.54, 1.807) is 6.07 Å². The van der Waals surface area contributed by atoms with Crippen molar-refractivity contribution in [1.82, 2.24) is 5.32 Å². The van der Waals surface area contributed by atoms with Gasteiger partial charge in [-0.05, 0) is 37.5 Å². The highest BCUT2D eigenvalue weighted by Gasteiger charge is 2.21. The van der Waals surface area contributed by atoms with Crippen molar-refractivity contribution in [2.45, 2.75) is 25.8 Å². The van der Waals surface area contributed by atoms with Crippen LogP contribution in [0.1, 0.15) is 29.3 Å². The first kappa shape index (κ1) is 15.4. The molecule has 2 aromatic rings. The number of hydrogen-bond donors (Lipinski definition) is 1. The number of para-hydroxylation sites is 1. The molecule has 0 radical (unpaired) electrons. The van der Waals surface area contributed by atoms with Gasteiger partial charge in [-0.3, -0.25) is 4.79 Å². The Bertz CT molecular complexity index is 670. The Morgan fingerprint density at radius 1 is 1.09 bits per heavy atom. The molecule has 0 fully saturated rings. The first-order valence-corrected chi connectivity index (χ1v) is 7.97. The van der Waals surface area contributed by atoms with E-state index in [4.69, 9.17) is 9.47 Å². The normalized spacial score (nSPS) is 14.1. The fourth-order valence-electron chi connectivity index (χ4n) is 2.65. The Hall–Kier alpha value is -2.49. The Labute approximate surface area is 136 Å². The summed E-state index contributed by atoms with van der Waals surface area (Å²) in [4.78, 5) is 12.5. The molecule has 1 aliphatic rings. The molecule has 1 unspecified atom stereocenters. The summed E-state index contributed by atoms with van der Waals surface area (Å²) in [5.41, 5.74) is 1.82. The summed E-state index contributed by atoms with van der Waals surface area (Å²) in [5.74, 6) is 1.07. The first-order valence-electron chi connectivity index (χ1n) is 7.97. The lowest BCUT2D eigenvalue weighted by Gasteiger charge is -2.21. The van der Waals surface area contributed by atoms with Gasteiger partial charge >= 0.3 is 0 Å². The molecule has 3 rings (SSSR count). The Morgan fingerprint density at radius 2 is 1.87 bits per heavy atom. The third-order valence-corrected chi connectivity index (χ3v) is 3.90. The van der Waals surface area contributed by atoms with Crippen LogP contribution in [0.25, 0.3) is 0 Å². The van der Waals surface area contributed by atoms with Gasteiger partial charge in [-0.25, -0.2) is 0 Å². The van der Waals surface area contributed by atoms with Gasteiger partial charge in [0.1, 0.15) is 13.2 Å². The van der Waals surface area contributed by atoms with Gasteiger partial charge in [0.15, 0.2) is 11.5 Å². The van der Waals surface area contributed by atoms with E-state index in [0.29, 0.717) is 30.3 Å². The molecule has 1 amide bonds. The molecule has 0 saturated carbocycles. The standard InChI is InChI=1S/C19H21NO3/c1-14(10-11-15-6-3-2-4-7-15)20-19(21)16-8-5-9-17-18(16)23-13-12-22-17/h2-9,14H,10-13H2,1H3,(H,20,21). The molecule has 0 bridgehead atoms. The third kappa shape index (κ3) is 3.83. The van der Waals surface area contributed by atoms with E-state index in [1.807, 2.05) is 37.3 Å². The van der Waals surface area contributed by atoms with Gasteiger partial charge in [0.25, 0.3) is 5.91 Å². The fourth-order valence-corrected chi connectivity index (χ4v) is 2.65. The molecule has 1 N–H and O–H groups in total. The summed E-state index contributed by atoms with van der Waals surface area (Å²) in [6.45, 7) is 3.01. The molecule has 4 nitrogen and oxygen atoms in total. The van der Waals surface area contributed by atoms with Gasteiger partial charge < -0.3 is 14.8 Å². The SMILES string of the molecule is CC(CCc1ccccc1)NC(=O)c1cccc2c1OCCO2. The van der Waals surface area contributed by atoms with E-state index >= 15 is 0 Å². The number of benzene rings is 2. The number of carbonyl (C=O) groups excluding carboxylic acids is 1. The maximum atomic E-state index is 12.5. The largest absolute Gasteiger partial charge is 0.486 e. The Balaban J connectivity index is 1.60. The van der Waals surface area contributed by atoms with Crippen molar-refractivity contribution < 1.29 is 14.3 Å². The topological polar surface area (TPSA) is 47.6 Å². The van der Waals surface area contributed by atoms with E-state index in [-0.39, 0.29) is 11.9 Å². The monoisotopic (exact) mass is 311 g/mol. The molecule has 1 aliphatic heterocycles. The third-order valence-electron chi connectivity index (χ3n) is 3.90. The van der Waals surface area contributed by atoms with Crippen LogP contribution >= 0.6 is 0 Å². The zero-order valence-electron chi connectivity index (χ0n) is 13.2. The zero-order valence-corrected chi connectivity index (χ0v) is 13.2. The maximum absolute atomic E-state index is 12.5. The van der Waals surface area contributed by atoms with Crippen molar-refractivity contribution >= 4 is 5.91 Å². The Kier molecular flexibility index (Phi) is 4.81. The maximum Gasteiger partial charge on any atom is 0.255 e. The molecule has 23 heavy (non-hydrogen) atoms. The molecule has 4 heteroatoms. The van der Waals surface area contributed by atoms with Crippen LogP contribution in [0.4, 0.5) is 0 Å². The predicted octanol–water partition coefficient (Wildman–Crippen LogP) is 3.21. The number of rotatable bonds is 5. The number of fused-ring (bicyclic) bond motifs is 1. The minimum absolute atomic E-state index is 0.0862. The lowest BCUT2D eigenvalue weighted by atomic mass is 10.1. The van der Waals surface area contributed by atoms with Crippen LogP contribution in [-0.2, 0) is 6.42 Å². The number of nitrogens with one attached hydrogen (secondary N) is 1. The minimum Gasteiger partial charge on any atom is -0.486 e. The molecule has 1 heterocycles. The van der Waals surface area contributed by atoms with E-state index < -0.39 is 0 Å². The van der Waals surface area contributed by atoms with Crippen LogP contribution in [-0.4, -0.2) is 25.2 Å². The number of aryl methyl sites for hydroxylation is 1. The quantitative estimate of drug-likeness (QED) is 0.922. The summed E-state index contributed by atoms with van der Waals surface area (Å²) in [5, 5.41) is 3.04. The molecule has 0 aromatic heterocycles. The average Bonchev–Trinajstić information content (AvgIpc) is 2.60. The summed E-state index contributed by atoms with van der Waals surface area (Å²) in [6.07, 6.45) is 1.83. The second-order valence-electron chi connectivity index (χ2n) is 5.73. The van der Waals surface area contributed by atoms with Crippen LogP contribution in [0.15, 0.2) is 48.5 Å². The van der Waals surface area contributed by atoms with Crippen molar-refractivity contribution in [2.24, 2.45) is 0 Å². The van der Waals surface area contributed by atoms with Gasteiger partial charge in [0, 0.05) is 6.04 Å². The summed E-state index contributed by atoms with van der Waals surface area (Å²) in [6, 6.07) is 15.8. The van der Waals surface area contributed by atoms with Gasteiger partial charge in [0.2, 0.25) is 0 Å². The van der Waals surface area contributed by atoms with Gasteiger partial charge in [-0.1, -0.05) is 36.4 Å². The van der Waals surface area contributed by atoms with Crippen molar-refractivity contribution in [3.05, 3.63) is 59.7 Å². The van der Waals surface area contributed by atoms with Crippen LogP contribution < -0.4 is 14.8 Å². The Morgan fingerprint density at radius 3 is 2.70 bits per heavy atom. The lowest BCUT2D eigenvalue weighted by molar-refractivity contribution is 0.0927. The van der Waals surface area contributed by atoms with E-state index in [0.717, 1.165) is 12.8 Å². The number of amides is 1. The number of hydrogen-bond acceptors (Lipinski definition) is 3. The van der Waals surface area contributed by atoms with Gasteiger partial charge in [-0.15, -0.1) is 0 Å². The summed E-state index contributed by atoms with van der Waals surface area (Å²) < 4.78 is 11.1. The van der Waals surface area contributed by atoms with E-state index in [2.05, 4.69) is 17.4 Å². The highest BCUT2D eigenvalue weighted by molar-refractivity contribution is 5.98. The van der Waals surface area contributed by atoms with Crippen molar-refractivity contribution in [3.8, 4) is 11.5 Å². The highest BCUT2D eigenvalue weighted by Crippen LogP contribution is 2.33. The molecular formula is C19H21NO3. The van der Waals surface area contributed by atoms with E-state index in [9.17, 15) is 4.79 Å². The van der Waals surface area contributed by atoms with Gasteiger partial charge in [0.05, 0.1) is 5.56 Å². The van der Waals surface area contributed by atoms with Crippen LogP contribution in [0.2, 0.25) is 0 Å². The van der Waals surface area contributed by atoms with Crippen LogP contribution in [0.5, 0.6) is 11.5 Å². The predicted molar refractivity (Wildman–Crippen MR) is 89.1 cm³/mol. The average molecular weight is 311 g/mol.